The van der Waals surface area contributed by atoms with E-state index in [2.05, 4.69) is 12.2 Å². The van der Waals surface area contributed by atoms with Crippen LogP contribution in [0.1, 0.15) is 79.5 Å². The molecule has 0 bridgehead atoms. The summed E-state index contributed by atoms with van der Waals surface area (Å²) in [6, 6.07) is 0. The molecule has 21 heavy (non-hydrogen) atoms. The van der Waals surface area contributed by atoms with Gasteiger partial charge in [0.2, 0.25) is 5.91 Å². The van der Waals surface area contributed by atoms with Gasteiger partial charge in [0, 0.05) is 5.92 Å². The van der Waals surface area contributed by atoms with Crippen LogP contribution >= 0.6 is 0 Å². The van der Waals surface area contributed by atoms with E-state index >= 15 is 0 Å². The maximum absolute atomic E-state index is 11.7. The Morgan fingerprint density at radius 1 is 1.00 bits per heavy atom. The maximum atomic E-state index is 11.7. The number of nitrogens with one attached hydrogen (secondary N) is 1. The summed E-state index contributed by atoms with van der Waals surface area (Å²) in [5.41, 5.74) is 0. The minimum atomic E-state index is -0.986. The van der Waals surface area contributed by atoms with Crippen LogP contribution in [0.3, 0.4) is 0 Å². The topological polar surface area (TPSA) is 66.4 Å². The van der Waals surface area contributed by atoms with Crippen molar-refractivity contribution in [3.8, 4) is 0 Å². The molecule has 0 spiro atoms. The molecule has 1 atom stereocenters. The number of hydrogen-bond donors (Lipinski definition) is 2. The molecule has 0 saturated heterocycles. The molecule has 1 unspecified atom stereocenters. The molecule has 0 aliphatic rings. The molecule has 4 nitrogen and oxygen atoms in total. The van der Waals surface area contributed by atoms with E-state index in [0.717, 1.165) is 19.3 Å². The molecule has 0 aromatic carbocycles. The Morgan fingerprint density at radius 2 is 1.52 bits per heavy atom. The Bertz CT molecular complexity index is 278. The molecule has 0 radical (unpaired) electrons. The zero-order valence-corrected chi connectivity index (χ0v) is 16.1. The van der Waals surface area contributed by atoms with E-state index in [0.29, 0.717) is 0 Å². The van der Waals surface area contributed by atoms with Crippen LogP contribution in [-0.2, 0) is 9.59 Å². The third-order valence-electron chi connectivity index (χ3n) is 3.68. The van der Waals surface area contributed by atoms with Crippen molar-refractivity contribution in [1.29, 1.82) is 0 Å². The van der Waals surface area contributed by atoms with Crippen LogP contribution in [0.5, 0.6) is 0 Å². The van der Waals surface area contributed by atoms with Gasteiger partial charge in [-0.25, -0.2) is 0 Å². The molecular formula is C16H32NNaO3. The van der Waals surface area contributed by atoms with Crippen LogP contribution < -0.4 is 34.9 Å². The van der Waals surface area contributed by atoms with Gasteiger partial charge < -0.3 is 11.8 Å². The number of carboxylic acids is 1. The van der Waals surface area contributed by atoms with Gasteiger partial charge in [0.25, 0.3) is 0 Å². The van der Waals surface area contributed by atoms with Gasteiger partial charge in [-0.1, -0.05) is 65.2 Å². The average Bonchev–Trinajstić information content (AvgIpc) is 2.43. The minimum absolute atomic E-state index is 0. The second-order valence-corrected chi connectivity index (χ2v) is 5.48. The van der Waals surface area contributed by atoms with Gasteiger partial charge in [0.15, 0.2) is 0 Å². The molecule has 5 heteroatoms. The van der Waals surface area contributed by atoms with Crippen molar-refractivity contribution >= 4 is 11.9 Å². The number of aliphatic carboxylic acids is 1. The van der Waals surface area contributed by atoms with Crippen molar-refractivity contribution < 1.29 is 45.7 Å². The quantitative estimate of drug-likeness (QED) is 0.392. The first kappa shape index (κ1) is 23.2. The molecule has 0 aromatic rings. The van der Waals surface area contributed by atoms with Gasteiger partial charge in [0.05, 0.1) is 0 Å². The number of amides is 1. The molecule has 0 aromatic heterocycles. The van der Waals surface area contributed by atoms with Gasteiger partial charge in [-0.3, -0.25) is 9.59 Å². The zero-order valence-electron chi connectivity index (χ0n) is 15.1. The third kappa shape index (κ3) is 14.6. The third-order valence-corrected chi connectivity index (χ3v) is 3.68. The second kappa shape index (κ2) is 16.3. The minimum Gasteiger partial charge on any atom is -1.00 e. The van der Waals surface area contributed by atoms with E-state index in [-0.39, 0.29) is 49.4 Å². The number of carbonyl (C=O) groups is 2. The van der Waals surface area contributed by atoms with Crippen LogP contribution in [0, 0.1) is 5.92 Å². The van der Waals surface area contributed by atoms with Crippen LogP contribution in [0.15, 0.2) is 0 Å². The second-order valence-electron chi connectivity index (χ2n) is 5.48. The van der Waals surface area contributed by atoms with Gasteiger partial charge in [-0.15, -0.1) is 0 Å². The number of rotatable bonds is 13. The number of unbranched alkanes of at least 4 members (excludes halogenated alkanes) is 7. The number of carbonyl (C=O) groups excluding carboxylic acids is 1. The van der Waals surface area contributed by atoms with Crippen LogP contribution in [-0.4, -0.2) is 23.5 Å². The summed E-state index contributed by atoms with van der Waals surface area (Å²) < 4.78 is 0. The first-order valence-corrected chi connectivity index (χ1v) is 8.11. The van der Waals surface area contributed by atoms with E-state index in [1.54, 1.807) is 0 Å². The van der Waals surface area contributed by atoms with Crippen LogP contribution in [0.25, 0.3) is 0 Å². The predicted octanol–water partition coefficient (Wildman–Crippen LogP) is 0.861. The molecule has 0 saturated carbocycles. The Hall–Kier alpha value is -0.0600. The normalized spacial score (nSPS) is 11.5. The first-order chi connectivity index (χ1) is 9.61. The number of hydrogen-bond acceptors (Lipinski definition) is 2. The van der Waals surface area contributed by atoms with Gasteiger partial charge >= 0.3 is 35.5 Å². The standard InChI is InChI=1S/C16H31NO3.Na.H/c1-3-5-6-7-8-9-10-11-12-14(4-2)16(20)17-13-15(18)19;;/h14H,3-13H2,1-2H3,(H,17,20)(H,18,19);;/q;+1;-1. The molecule has 120 valence electrons. The van der Waals surface area contributed by atoms with Crippen LogP contribution in [0.4, 0.5) is 0 Å². The fraction of sp³-hybridized carbons (Fsp3) is 0.875. The summed E-state index contributed by atoms with van der Waals surface area (Å²) in [6.07, 6.45) is 11.7. The predicted molar refractivity (Wildman–Crippen MR) is 82.8 cm³/mol. The molecule has 0 aliphatic carbocycles. The summed E-state index contributed by atoms with van der Waals surface area (Å²) in [5.74, 6) is -1.13. The van der Waals surface area contributed by atoms with Crippen molar-refractivity contribution in [2.24, 2.45) is 5.92 Å². The van der Waals surface area contributed by atoms with Gasteiger partial charge in [0.1, 0.15) is 6.54 Å². The van der Waals surface area contributed by atoms with Gasteiger partial charge in [-0.2, -0.15) is 0 Å². The van der Waals surface area contributed by atoms with Crippen molar-refractivity contribution in [1.82, 2.24) is 5.32 Å². The Balaban J connectivity index is -0.00000180. The Kier molecular flexibility index (Phi) is 18.0. The zero-order chi connectivity index (χ0) is 15.2. The fourth-order valence-corrected chi connectivity index (χ4v) is 2.35. The smallest absolute Gasteiger partial charge is 1.00 e. The summed E-state index contributed by atoms with van der Waals surface area (Å²) in [5, 5.41) is 11.0. The van der Waals surface area contributed by atoms with Crippen molar-refractivity contribution in [3.63, 3.8) is 0 Å². The van der Waals surface area contributed by atoms with E-state index in [9.17, 15) is 9.59 Å². The largest absolute Gasteiger partial charge is 1.00 e. The molecular weight excluding hydrogens is 277 g/mol. The molecule has 0 rings (SSSR count). The average molecular weight is 309 g/mol. The van der Waals surface area contributed by atoms with E-state index in [1.807, 2.05) is 6.92 Å². The molecule has 0 fully saturated rings. The van der Waals surface area contributed by atoms with Crippen molar-refractivity contribution in [2.75, 3.05) is 6.54 Å². The van der Waals surface area contributed by atoms with E-state index in [4.69, 9.17) is 5.11 Å². The van der Waals surface area contributed by atoms with Crippen molar-refractivity contribution in [2.45, 2.75) is 78.1 Å². The molecule has 2 N–H and O–H groups in total. The first-order valence-electron chi connectivity index (χ1n) is 8.11. The Morgan fingerprint density at radius 3 is 2.00 bits per heavy atom. The summed E-state index contributed by atoms with van der Waals surface area (Å²) in [4.78, 5) is 22.1. The summed E-state index contributed by atoms with van der Waals surface area (Å²) >= 11 is 0. The monoisotopic (exact) mass is 309 g/mol. The van der Waals surface area contributed by atoms with Crippen LogP contribution in [0.2, 0.25) is 0 Å². The summed E-state index contributed by atoms with van der Waals surface area (Å²) in [6.45, 7) is 3.93. The molecule has 0 aliphatic heterocycles. The molecule has 0 heterocycles. The Labute approximate surface area is 153 Å². The van der Waals surface area contributed by atoms with Crippen molar-refractivity contribution in [3.05, 3.63) is 0 Å². The molecule has 1 amide bonds. The maximum Gasteiger partial charge on any atom is 1.00 e. The van der Waals surface area contributed by atoms with Gasteiger partial charge in [-0.05, 0) is 12.8 Å². The SMILES string of the molecule is CCCCCCCCCCC(CC)C(=O)NCC(=O)O.[H-].[Na+]. The number of carboxylic acid groups (broad SMARTS) is 1. The fourth-order valence-electron chi connectivity index (χ4n) is 2.35. The van der Waals surface area contributed by atoms with E-state index < -0.39 is 5.97 Å². The van der Waals surface area contributed by atoms with E-state index in [1.165, 1.54) is 44.9 Å². The summed E-state index contributed by atoms with van der Waals surface area (Å²) in [7, 11) is 0.